The molecular formula is C13H18N2O2. The van der Waals surface area contributed by atoms with Gasteiger partial charge < -0.3 is 15.4 Å². The van der Waals surface area contributed by atoms with Crippen molar-refractivity contribution >= 4 is 5.91 Å². The van der Waals surface area contributed by atoms with Crippen molar-refractivity contribution < 1.29 is 9.53 Å². The maximum atomic E-state index is 11.7. The van der Waals surface area contributed by atoms with E-state index in [4.69, 9.17) is 10.5 Å². The van der Waals surface area contributed by atoms with E-state index >= 15 is 0 Å². The summed E-state index contributed by atoms with van der Waals surface area (Å²) in [6.07, 6.45) is 0.490. The number of rotatable bonds is 2. The fourth-order valence-electron chi connectivity index (χ4n) is 2.26. The number of likely N-dealkylation sites (tertiary alicyclic amines) is 1. The van der Waals surface area contributed by atoms with Crippen molar-refractivity contribution in [1.82, 2.24) is 4.90 Å². The molecule has 0 saturated carbocycles. The zero-order valence-corrected chi connectivity index (χ0v) is 10.2. The van der Waals surface area contributed by atoms with Crippen molar-refractivity contribution in [3.63, 3.8) is 0 Å². The number of likely N-dealkylation sites (N-methyl/N-ethyl adjacent to an activating group) is 1. The van der Waals surface area contributed by atoms with E-state index in [2.05, 4.69) is 0 Å². The van der Waals surface area contributed by atoms with Crippen molar-refractivity contribution in [3.05, 3.63) is 29.8 Å². The normalized spacial score (nSPS) is 24.9. The maximum absolute atomic E-state index is 11.7. The Morgan fingerprint density at radius 3 is 2.59 bits per heavy atom. The first-order chi connectivity index (χ1) is 8.11. The van der Waals surface area contributed by atoms with Crippen LogP contribution < -0.4 is 10.5 Å². The zero-order chi connectivity index (χ0) is 12.4. The molecule has 1 unspecified atom stereocenters. The van der Waals surface area contributed by atoms with Crippen LogP contribution in [0.4, 0.5) is 0 Å². The lowest BCUT2D eigenvalue weighted by Crippen LogP contribution is -2.48. The summed E-state index contributed by atoms with van der Waals surface area (Å²) in [6.45, 7) is 0.621. The monoisotopic (exact) mass is 234 g/mol. The van der Waals surface area contributed by atoms with Gasteiger partial charge >= 0.3 is 0 Å². The van der Waals surface area contributed by atoms with Crippen LogP contribution in [-0.2, 0) is 4.79 Å². The lowest BCUT2D eigenvalue weighted by Gasteiger charge is -2.34. The van der Waals surface area contributed by atoms with E-state index in [9.17, 15) is 4.79 Å². The topological polar surface area (TPSA) is 55.6 Å². The van der Waals surface area contributed by atoms with Gasteiger partial charge in [-0.25, -0.2) is 0 Å². The second-order valence-corrected chi connectivity index (χ2v) is 4.52. The summed E-state index contributed by atoms with van der Waals surface area (Å²) in [4.78, 5) is 13.4. The average molecular weight is 234 g/mol. The largest absolute Gasteiger partial charge is 0.497 e. The van der Waals surface area contributed by atoms with Gasteiger partial charge in [0.2, 0.25) is 5.91 Å². The fraction of sp³-hybridized carbons (Fsp3) is 0.462. The van der Waals surface area contributed by atoms with Gasteiger partial charge in [-0.3, -0.25) is 4.79 Å². The van der Waals surface area contributed by atoms with Crippen LogP contribution >= 0.6 is 0 Å². The predicted octanol–water partition coefficient (Wildman–Crippen LogP) is 0.968. The molecule has 1 aliphatic heterocycles. The molecule has 92 valence electrons. The standard InChI is InChI=1S/C13H18N2O2/c1-15-8-12(14)11(7-13(15)16)9-3-5-10(17-2)6-4-9/h3-6,11-12H,7-8,14H2,1-2H3/t11?,12-/m1/s1. The highest BCUT2D eigenvalue weighted by Gasteiger charge is 2.30. The Labute approximate surface area is 101 Å². The Hall–Kier alpha value is -1.55. The molecule has 1 aromatic rings. The van der Waals surface area contributed by atoms with Crippen LogP contribution in [0.3, 0.4) is 0 Å². The number of carbonyl (C=O) groups excluding carboxylic acids is 1. The van der Waals surface area contributed by atoms with Gasteiger partial charge in [0.05, 0.1) is 7.11 Å². The molecule has 1 aliphatic rings. The molecule has 2 atom stereocenters. The minimum absolute atomic E-state index is 0.00564. The number of hydrogen-bond acceptors (Lipinski definition) is 3. The minimum atomic E-state index is 0.00564. The molecule has 0 bridgehead atoms. The fourth-order valence-corrected chi connectivity index (χ4v) is 2.26. The average Bonchev–Trinajstić information content (AvgIpc) is 2.34. The van der Waals surface area contributed by atoms with Gasteiger partial charge in [-0.1, -0.05) is 12.1 Å². The van der Waals surface area contributed by atoms with E-state index in [-0.39, 0.29) is 17.9 Å². The number of hydrogen-bond donors (Lipinski definition) is 1. The van der Waals surface area contributed by atoms with Gasteiger partial charge in [0, 0.05) is 32.0 Å². The SMILES string of the molecule is COc1ccc(C2CC(=O)N(C)C[C@H]2N)cc1. The Morgan fingerprint density at radius 1 is 1.35 bits per heavy atom. The number of amides is 1. The Morgan fingerprint density at radius 2 is 2.00 bits per heavy atom. The van der Waals surface area contributed by atoms with E-state index in [0.29, 0.717) is 13.0 Å². The summed E-state index contributed by atoms with van der Waals surface area (Å²) in [7, 11) is 3.44. The Bertz CT molecular complexity index is 402. The third-order valence-electron chi connectivity index (χ3n) is 3.37. The minimum Gasteiger partial charge on any atom is -0.497 e. The molecule has 2 N–H and O–H groups in total. The highest BCUT2D eigenvalue weighted by Crippen LogP contribution is 2.28. The van der Waals surface area contributed by atoms with E-state index in [1.807, 2.05) is 24.3 Å². The second kappa shape index (κ2) is 4.75. The number of nitrogens with two attached hydrogens (primary N) is 1. The molecule has 1 fully saturated rings. The first-order valence-electron chi connectivity index (χ1n) is 5.75. The van der Waals surface area contributed by atoms with Gasteiger partial charge in [-0.05, 0) is 17.7 Å². The first-order valence-corrected chi connectivity index (χ1v) is 5.75. The van der Waals surface area contributed by atoms with Gasteiger partial charge in [-0.2, -0.15) is 0 Å². The van der Waals surface area contributed by atoms with E-state index in [1.54, 1.807) is 19.1 Å². The maximum Gasteiger partial charge on any atom is 0.223 e. The molecule has 1 heterocycles. The van der Waals surface area contributed by atoms with Crippen LogP contribution in [0.2, 0.25) is 0 Å². The van der Waals surface area contributed by atoms with Gasteiger partial charge in [0.25, 0.3) is 0 Å². The number of nitrogens with zero attached hydrogens (tertiary/aromatic N) is 1. The van der Waals surface area contributed by atoms with Crippen molar-refractivity contribution in [2.45, 2.75) is 18.4 Å². The highest BCUT2D eigenvalue weighted by molar-refractivity contribution is 5.78. The number of piperidine rings is 1. The molecule has 4 nitrogen and oxygen atoms in total. The van der Waals surface area contributed by atoms with Crippen LogP contribution in [0, 0.1) is 0 Å². The summed E-state index contributed by atoms with van der Waals surface area (Å²) >= 11 is 0. The highest BCUT2D eigenvalue weighted by atomic mass is 16.5. The van der Waals surface area contributed by atoms with E-state index in [0.717, 1.165) is 11.3 Å². The van der Waals surface area contributed by atoms with E-state index in [1.165, 1.54) is 0 Å². The summed E-state index contributed by atoms with van der Waals surface area (Å²) in [5.41, 5.74) is 7.22. The van der Waals surface area contributed by atoms with Crippen LogP contribution in [-0.4, -0.2) is 37.6 Å². The quantitative estimate of drug-likeness (QED) is 0.829. The van der Waals surface area contributed by atoms with Crippen LogP contribution in [0.25, 0.3) is 0 Å². The molecule has 4 heteroatoms. The lowest BCUT2D eigenvalue weighted by molar-refractivity contribution is -0.132. The lowest BCUT2D eigenvalue weighted by atomic mass is 9.85. The Kier molecular flexibility index (Phi) is 3.33. The number of carbonyl (C=O) groups is 1. The van der Waals surface area contributed by atoms with Crippen molar-refractivity contribution in [1.29, 1.82) is 0 Å². The predicted molar refractivity (Wildman–Crippen MR) is 66.0 cm³/mol. The van der Waals surface area contributed by atoms with E-state index < -0.39 is 0 Å². The summed E-state index contributed by atoms with van der Waals surface area (Å²) in [6, 6.07) is 7.80. The number of benzene rings is 1. The summed E-state index contributed by atoms with van der Waals surface area (Å²) in [5.74, 6) is 1.10. The van der Waals surface area contributed by atoms with Crippen molar-refractivity contribution in [2.24, 2.45) is 5.73 Å². The molecule has 0 aromatic heterocycles. The van der Waals surface area contributed by atoms with Gasteiger partial charge in [0.15, 0.2) is 0 Å². The number of methoxy groups -OCH3 is 1. The summed E-state index contributed by atoms with van der Waals surface area (Å²) in [5, 5.41) is 0. The number of ether oxygens (including phenoxy) is 1. The van der Waals surface area contributed by atoms with Crippen molar-refractivity contribution in [3.8, 4) is 5.75 Å². The molecule has 2 rings (SSSR count). The van der Waals surface area contributed by atoms with Crippen molar-refractivity contribution in [2.75, 3.05) is 20.7 Å². The molecule has 0 radical (unpaired) electrons. The smallest absolute Gasteiger partial charge is 0.223 e. The first kappa shape index (κ1) is 11.9. The zero-order valence-electron chi connectivity index (χ0n) is 10.2. The second-order valence-electron chi connectivity index (χ2n) is 4.52. The third-order valence-corrected chi connectivity index (χ3v) is 3.37. The molecule has 17 heavy (non-hydrogen) atoms. The molecule has 1 saturated heterocycles. The molecule has 0 spiro atoms. The van der Waals surface area contributed by atoms with Crippen LogP contribution in [0.15, 0.2) is 24.3 Å². The third kappa shape index (κ3) is 2.42. The van der Waals surface area contributed by atoms with Gasteiger partial charge in [0.1, 0.15) is 5.75 Å². The molecule has 1 aromatic carbocycles. The molecule has 1 amide bonds. The van der Waals surface area contributed by atoms with Crippen LogP contribution in [0.5, 0.6) is 5.75 Å². The van der Waals surface area contributed by atoms with Gasteiger partial charge in [-0.15, -0.1) is 0 Å². The molecular weight excluding hydrogens is 216 g/mol. The van der Waals surface area contributed by atoms with Crippen LogP contribution in [0.1, 0.15) is 17.9 Å². The summed E-state index contributed by atoms with van der Waals surface area (Å²) < 4.78 is 5.12. The molecule has 0 aliphatic carbocycles. The Balaban J connectivity index is 2.17.